The van der Waals surface area contributed by atoms with Gasteiger partial charge in [-0.1, -0.05) is 17.8 Å². The molecule has 1 aliphatic heterocycles. The van der Waals surface area contributed by atoms with Crippen molar-refractivity contribution in [1.82, 2.24) is 4.90 Å². The van der Waals surface area contributed by atoms with Crippen molar-refractivity contribution in [2.24, 2.45) is 10.2 Å². The lowest BCUT2D eigenvalue weighted by Gasteiger charge is -2.16. The van der Waals surface area contributed by atoms with E-state index in [1.165, 1.54) is 11.8 Å². The zero-order valence-electron chi connectivity index (χ0n) is 15.6. The van der Waals surface area contributed by atoms with Crippen molar-refractivity contribution in [3.05, 3.63) is 58.1 Å². The van der Waals surface area contributed by atoms with Crippen LogP contribution in [-0.2, 0) is 11.3 Å². The van der Waals surface area contributed by atoms with Gasteiger partial charge in [-0.2, -0.15) is 5.10 Å². The van der Waals surface area contributed by atoms with Gasteiger partial charge in [0.05, 0.1) is 36.7 Å². The summed E-state index contributed by atoms with van der Waals surface area (Å²) in [5.74, 6) is 1.96. The van der Waals surface area contributed by atoms with Gasteiger partial charge in [0.25, 0.3) is 0 Å². The lowest BCUT2D eigenvalue weighted by atomic mass is 10.2. The summed E-state index contributed by atoms with van der Waals surface area (Å²) in [5.41, 5.74) is 1.89. The topological polar surface area (TPSA) is 63.5 Å². The molecule has 1 aliphatic rings. The van der Waals surface area contributed by atoms with Gasteiger partial charge in [0.1, 0.15) is 11.5 Å². The van der Waals surface area contributed by atoms with Crippen LogP contribution in [0.1, 0.15) is 18.1 Å². The van der Waals surface area contributed by atoms with E-state index in [9.17, 15) is 4.79 Å². The Morgan fingerprint density at radius 3 is 2.71 bits per heavy atom. The Bertz CT molecular complexity index is 900. The van der Waals surface area contributed by atoms with E-state index in [-0.39, 0.29) is 5.91 Å². The number of amidine groups is 1. The summed E-state index contributed by atoms with van der Waals surface area (Å²) < 4.78 is 11.5. The number of ether oxygens (including phenoxy) is 2. The molecule has 0 radical (unpaired) electrons. The first-order valence-electron chi connectivity index (χ1n) is 8.70. The Kier molecular flexibility index (Phi) is 7.11. The minimum atomic E-state index is 0.0217. The van der Waals surface area contributed by atoms with Crippen LogP contribution in [-0.4, -0.2) is 41.7 Å². The van der Waals surface area contributed by atoms with E-state index >= 15 is 0 Å². The van der Waals surface area contributed by atoms with E-state index < -0.39 is 0 Å². The molecule has 8 heteroatoms. The van der Waals surface area contributed by atoms with Gasteiger partial charge < -0.3 is 9.47 Å². The van der Waals surface area contributed by atoms with Crippen LogP contribution in [0.25, 0.3) is 0 Å². The molecule has 2 aromatic rings. The molecule has 3 rings (SSSR count). The lowest BCUT2D eigenvalue weighted by Crippen LogP contribution is -2.28. The molecule has 146 valence electrons. The molecular formula is C20H20BrN3O3S. The fraction of sp³-hybridized carbons (Fsp3) is 0.250. The van der Waals surface area contributed by atoms with Gasteiger partial charge in [0.15, 0.2) is 5.17 Å². The third-order valence-corrected chi connectivity index (χ3v) is 5.53. The Labute approximate surface area is 176 Å². The fourth-order valence-electron chi connectivity index (χ4n) is 2.56. The molecule has 0 N–H and O–H groups in total. The third-order valence-electron chi connectivity index (χ3n) is 3.96. The van der Waals surface area contributed by atoms with Gasteiger partial charge in [0.2, 0.25) is 5.91 Å². The van der Waals surface area contributed by atoms with Gasteiger partial charge in [0, 0.05) is 0 Å². The summed E-state index contributed by atoms with van der Waals surface area (Å²) in [7, 11) is 1.63. The molecule has 6 nitrogen and oxygen atoms in total. The molecule has 2 aromatic carbocycles. The van der Waals surface area contributed by atoms with Crippen LogP contribution in [0.3, 0.4) is 0 Å². The maximum absolute atomic E-state index is 12.3. The molecule has 0 spiro atoms. The van der Waals surface area contributed by atoms with Crippen LogP contribution in [0.2, 0.25) is 0 Å². The molecule has 0 atom stereocenters. The Hall–Kier alpha value is -2.32. The van der Waals surface area contributed by atoms with Crippen molar-refractivity contribution >= 4 is 45.0 Å². The van der Waals surface area contributed by atoms with E-state index in [4.69, 9.17) is 9.47 Å². The molecule has 1 saturated heterocycles. The second kappa shape index (κ2) is 9.75. The summed E-state index contributed by atoms with van der Waals surface area (Å²) in [6.07, 6.45) is 1.65. The molecule has 1 fully saturated rings. The number of rotatable bonds is 7. The van der Waals surface area contributed by atoms with Crippen LogP contribution in [0, 0.1) is 0 Å². The molecule has 0 unspecified atom stereocenters. The summed E-state index contributed by atoms with van der Waals surface area (Å²) in [4.78, 5) is 13.9. The lowest BCUT2D eigenvalue weighted by molar-refractivity contribution is -0.124. The highest BCUT2D eigenvalue weighted by molar-refractivity contribution is 9.10. The van der Waals surface area contributed by atoms with E-state index in [1.54, 1.807) is 18.2 Å². The number of carbonyl (C=O) groups excluding carboxylic acids is 1. The van der Waals surface area contributed by atoms with Crippen molar-refractivity contribution in [3.63, 3.8) is 0 Å². The number of carbonyl (C=O) groups is 1. The first kappa shape index (κ1) is 20.4. The second-order valence-electron chi connectivity index (χ2n) is 5.87. The SMILES string of the molecule is CCOc1ccc(CN2C(=O)CS/C2=N\N=C\c2ccc(OC)cc2)cc1Br. The molecule has 1 heterocycles. The number of methoxy groups -OCH3 is 1. The normalized spacial score (nSPS) is 15.6. The minimum Gasteiger partial charge on any atom is -0.497 e. The highest BCUT2D eigenvalue weighted by Gasteiger charge is 2.28. The van der Waals surface area contributed by atoms with Gasteiger partial charge >= 0.3 is 0 Å². The van der Waals surface area contributed by atoms with E-state index in [0.29, 0.717) is 24.1 Å². The van der Waals surface area contributed by atoms with Gasteiger partial charge in [-0.3, -0.25) is 9.69 Å². The molecule has 0 bridgehead atoms. The van der Waals surface area contributed by atoms with Gasteiger partial charge in [-0.25, -0.2) is 0 Å². The van der Waals surface area contributed by atoms with Crippen molar-refractivity contribution < 1.29 is 14.3 Å². The number of benzene rings is 2. The molecule has 0 saturated carbocycles. The molecular weight excluding hydrogens is 442 g/mol. The first-order valence-corrected chi connectivity index (χ1v) is 10.5. The minimum absolute atomic E-state index is 0.0217. The van der Waals surface area contributed by atoms with E-state index in [1.807, 2.05) is 49.4 Å². The van der Waals surface area contributed by atoms with E-state index in [2.05, 4.69) is 26.1 Å². The third kappa shape index (κ3) is 5.14. The number of hydrogen-bond donors (Lipinski definition) is 0. The summed E-state index contributed by atoms with van der Waals surface area (Å²) >= 11 is 4.90. The zero-order valence-corrected chi connectivity index (χ0v) is 18.0. The van der Waals surface area contributed by atoms with Gasteiger partial charge in [-0.15, -0.1) is 5.10 Å². The summed E-state index contributed by atoms with van der Waals surface area (Å²) in [5, 5.41) is 8.98. The van der Waals surface area contributed by atoms with Crippen LogP contribution in [0.4, 0.5) is 0 Å². The van der Waals surface area contributed by atoms with Crippen molar-refractivity contribution in [2.75, 3.05) is 19.5 Å². The largest absolute Gasteiger partial charge is 0.497 e. The van der Waals surface area contributed by atoms with E-state index in [0.717, 1.165) is 27.1 Å². The standard InChI is InChI=1S/C20H20BrN3O3S/c1-3-27-18-9-6-15(10-17(18)21)12-24-19(25)13-28-20(24)23-22-11-14-4-7-16(26-2)8-5-14/h4-11H,3,12-13H2,1-2H3/b22-11+,23-20-. The van der Waals surface area contributed by atoms with Crippen LogP contribution in [0.15, 0.2) is 57.1 Å². The van der Waals surface area contributed by atoms with Gasteiger partial charge in [-0.05, 0) is 70.4 Å². The zero-order chi connectivity index (χ0) is 19.9. The highest BCUT2D eigenvalue weighted by atomic mass is 79.9. The number of nitrogens with zero attached hydrogens (tertiary/aromatic N) is 3. The smallest absolute Gasteiger partial charge is 0.239 e. The Morgan fingerprint density at radius 1 is 1.25 bits per heavy atom. The average molecular weight is 462 g/mol. The first-order chi connectivity index (χ1) is 13.6. The number of halogens is 1. The fourth-order valence-corrected chi connectivity index (χ4v) is 3.94. The van der Waals surface area contributed by atoms with Crippen LogP contribution >= 0.6 is 27.7 Å². The monoisotopic (exact) mass is 461 g/mol. The predicted molar refractivity (Wildman–Crippen MR) is 116 cm³/mol. The molecule has 1 amide bonds. The quantitative estimate of drug-likeness (QED) is 0.454. The van der Waals surface area contributed by atoms with Crippen LogP contribution < -0.4 is 9.47 Å². The molecule has 28 heavy (non-hydrogen) atoms. The summed E-state index contributed by atoms with van der Waals surface area (Å²) in [6, 6.07) is 13.3. The Balaban J connectivity index is 1.70. The second-order valence-corrected chi connectivity index (χ2v) is 7.66. The summed E-state index contributed by atoms with van der Waals surface area (Å²) in [6.45, 7) is 2.98. The molecule has 0 aromatic heterocycles. The molecule has 0 aliphatic carbocycles. The van der Waals surface area contributed by atoms with Crippen molar-refractivity contribution in [3.8, 4) is 11.5 Å². The average Bonchev–Trinajstić information content (AvgIpc) is 3.04. The maximum atomic E-state index is 12.3. The predicted octanol–water partition coefficient (Wildman–Crippen LogP) is 4.32. The van der Waals surface area contributed by atoms with Crippen LogP contribution in [0.5, 0.6) is 11.5 Å². The number of thioether (sulfide) groups is 1. The maximum Gasteiger partial charge on any atom is 0.239 e. The number of amides is 1. The van der Waals surface area contributed by atoms with Crippen molar-refractivity contribution in [2.45, 2.75) is 13.5 Å². The highest BCUT2D eigenvalue weighted by Crippen LogP contribution is 2.28. The van der Waals surface area contributed by atoms with Crippen molar-refractivity contribution in [1.29, 1.82) is 0 Å². The Morgan fingerprint density at radius 2 is 2.04 bits per heavy atom. The number of hydrogen-bond acceptors (Lipinski definition) is 6.